The second-order valence-electron chi connectivity index (χ2n) is 4.88. The summed E-state index contributed by atoms with van der Waals surface area (Å²) >= 11 is 8.28. The number of benzene rings is 1. The van der Waals surface area contributed by atoms with E-state index in [1.54, 1.807) is 0 Å². The van der Waals surface area contributed by atoms with Crippen LogP contribution in [0.2, 0.25) is 5.02 Å². The average Bonchev–Trinajstić information content (AvgIpc) is 2.35. The molecule has 1 N–H and O–H groups in total. The summed E-state index contributed by atoms with van der Waals surface area (Å²) in [4.78, 5) is 12.0. The third-order valence-corrected chi connectivity index (χ3v) is 4.40. The maximum Gasteiger partial charge on any atom is 0.224 e. The average molecular weight is 378 g/mol. The molecule has 0 unspecified atom stereocenters. The van der Waals surface area contributed by atoms with Gasteiger partial charge in [0.15, 0.2) is 0 Å². The van der Waals surface area contributed by atoms with Crippen molar-refractivity contribution in [2.45, 2.75) is 38.5 Å². The van der Waals surface area contributed by atoms with E-state index in [0.717, 1.165) is 9.26 Å². The number of carbonyl (C=O) groups is 1. The van der Waals surface area contributed by atoms with Crippen LogP contribution in [0.25, 0.3) is 0 Å². The SMILES string of the molecule is O=C(CC1CCCCC1)Nc1cc(I)ccc1Cl. The van der Waals surface area contributed by atoms with Crippen molar-refractivity contribution >= 4 is 45.8 Å². The molecule has 4 heteroatoms. The molecule has 2 rings (SSSR count). The first-order valence-corrected chi connectivity index (χ1v) is 7.86. The summed E-state index contributed by atoms with van der Waals surface area (Å²) in [5, 5.41) is 3.53. The van der Waals surface area contributed by atoms with Crippen molar-refractivity contribution in [2.75, 3.05) is 5.32 Å². The molecule has 18 heavy (non-hydrogen) atoms. The molecule has 1 aliphatic carbocycles. The summed E-state index contributed by atoms with van der Waals surface area (Å²) in [6.45, 7) is 0. The molecule has 1 aliphatic rings. The standard InChI is InChI=1S/C14H17ClINO/c15-12-7-6-11(16)9-13(12)17-14(18)8-10-4-2-1-3-5-10/h6-7,9-10H,1-5,8H2,(H,17,18). The number of amides is 1. The third kappa shape index (κ3) is 4.12. The lowest BCUT2D eigenvalue weighted by molar-refractivity contribution is -0.117. The molecule has 98 valence electrons. The molecule has 1 amide bonds. The minimum atomic E-state index is 0.0887. The Kier molecular flexibility index (Phi) is 5.30. The molecule has 0 aromatic heterocycles. The number of hydrogen-bond acceptors (Lipinski definition) is 1. The van der Waals surface area contributed by atoms with Gasteiger partial charge in [-0.25, -0.2) is 0 Å². The lowest BCUT2D eigenvalue weighted by Crippen LogP contribution is -2.18. The Morgan fingerprint density at radius 3 is 2.78 bits per heavy atom. The summed E-state index contributed by atoms with van der Waals surface area (Å²) in [7, 11) is 0. The first kappa shape index (κ1) is 14.1. The van der Waals surface area contributed by atoms with Crippen molar-refractivity contribution in [1.82, 2.24) is 0 Å². The second kappa shape index (κ2) is 6.75. The summed E-state index contributed by atoms with van der Waals surface area (Å²) in [5.74, 6) is 0.645. The molecule has 0 bridgehead atoms. The fourth-order valence-electron chi connectivity index (χ4n) is 2.45. The van der Waals surface area contributed by atoms with Gasteiger partial charge in [0, 0.05) is 9.99 Å². The molecule has 0 radical (unpaired) electrons. The van der Waals surface area contributed by atoms with Gasteiger partial charge in [-0.05, 0) is 59.5 Å². The number of hydrogen-bond donors (Lipinski definition) is 1. The van der Waals surface area contributed by atoms with Crippen molar-refractivity contribution in [3.63, 3.8) is 0 Å². The van der Waals surface area contributed by atoms with E-state index in [4.69, 9.17) is 11.6 Å². The van der Waals surface area contributed by atoms with E-state index in [1.807, 2.05) is 18.2 Å². The topological polar surface area (TPSA) is 29.1 Å². The van der Waals surface area contributed by atoms with Crippen LogP contribution in [0.4, 0.5) is 5.69 Å². The van der Waals surface area contributed by atoms with E-state index in [0.29, 0.717) is 17.4 Å². The molecule has 0 heterocycles. The second-order valence-corrected chi connectivity index (χ2v) is 6.53. The normalized spacial score (nSPS) is 16.6. The van der Waals surface area contributed by atoms with Gasteiger partial charge in [-0.15, -0.1) is 0 Å². The van der Waals surface area contributed by atoms with E-state index in [-0.39, 0.29) is 5.91 Å². The Labute approximate surface area is 127 Å². The Morgan fingerprint density at radius 1 is 1.33 bits per heavy atom. The van der Waals surface area contributed by atoms with E-state index in [2.05, 4.69) is 27.9 Å². The molecular weight excluding hydrogens is 361 g/mol. The van der Waals surface area contributed by atoms with Crippen molar-refractivity contribution < 1.29 is 4.79 Å². The van der Waals surface area contributed by atoms with E-state index in [9.17, 15) is 4.79 Å². The van der Waals surface area contributed by atoms with Gasteiger partial charge >= 0.3 is 0 Å². The zero-order chi connectivity index (χ0) is 13.0. The Hall–Kier alpha value is -0.290. The highest BCUT2D eigenvalue weighted by molar-refractivity contribution is 14.1. The number of anilines is 1. The van der Waals surface area contributed by atoms with Crippen molar-refractivity contribution in [1.29, 1.82) is 0 Å². The van der Waals surface area contributed by atoms with Crippen LogP contribution in [0.1, 0.15) is 38.5 Å². The van der Waals surface area contributed by atoms with Gasteiger partial charge in [-0.3, -0.25) is 4.79 Å². The zero-order valence-corrected chi connectivity index (χ0v) is 13.1. The Bertz CT molecular complexity index is 430. The van der Waals surface area contributed by atoms with Gasteiger partial charge in [-0.2, -0.15) is 0 Å². The number of halogens is 2. The predicted octanol–water partition coefficient (Wildman–Crippen LogP) is 4.85. The van der Waals surface area contributed by atoms with Crippen LogP contribution in [0.3, 0.4) is 0 Å². The first-order valence-electron chi connectivity index (χ1n) is 6.40. The van der Waals surface area contributed by atoms with Crippen LogP contribution >= 0.6 is 34.2 Å². The van der Waals surface area contributed by atoms with Crippen LogP contribution in [0.5, 0.6) is 0 Å². The minimum absolute atomic E-state index is 0.0887. The van der Waals surface area contributed by atoms with E-state index >= 15 is 0 Å². The van der Waals surface area contributed by atoms with Gasteiger partial charge in [0.05, 0.1) is 10.7 Å². The van der Waals surface area contributed by atoms with Crippen molar-refractivity contribution in [3.05, 3.63) is 26.8 Å². The number of nitrogens with one attached hydrogen (secondary N) is 1. The third-order valence-electron chi connectivity index (χ3n) is 3.40. The minimum Gasteiger partial charge on any atom is -0.325 e. The zero-order valence-electron chi connectivity index (χ0n) is 10.2. The van der Waals surface area contributed by atoms with Crippen LogP contribution in [0.15, 0.2) is 18.2 Å². The summed E-state index contributed by atoms with van der Waals surface area (Å²) in [6, 6.07) is 5.65. The van der Waals surface area contributed by atoms with Gasteiger partial charge in [-0.1, -0.05) is 30.9 Å². The molecule has 1 aromatic rings. The smallest absolute Gasteiger partial charge is 0.224 e. The van der Waals surface area contributed by atoms with Crippen LogP contribution in [-0.2, 0) is 4.79 Å². The lowest BCUT2D eigenvalue weighted by atomic mass is 9.87. The number of carbonyl (C=O) groups excluding carboxylic acids is 1. The van der Waals surface area contributed by atoms with Crippen LogP contribution in [0, 0.1) is 9.49 Å². The van der Waals surface area contributed by atoms with Crippen molar-refractivity contribution in [2.24, 2.45) is 5.92 Å². The van der Waals surface area contributed by atoms with Gasteiger partial charge < -0.3 is 5.32 Å². The van der Waals surface area contributed by atoms with Gasteiger partial charge in [0.2, 0.25) is 5.91 Å². The lowest BCUT2D eigenvalue weighted by Gasteiger charge is -2.21. The van der Waals surface area contributed by atoms with Gasteiger partial charge in [0.1, 0.15) is 0 Å². The Morgan fingerprint density at radius 2 is 2.06 bits per heavy atom. The molecule has 0 atom stereocenters. The van der Waals surface area contributed by atoms with Crippen LogP contribution in [-0.4, -0.2) is 5.91 Å². The predicted molar refractivity (Wildman–Crippen MR) is 84.0 cm³/mol. The first-order chi connectivity index (χ1) is 8.65. The summed E-state index contributed by atoms with van der Waals surface area (Å²) in [6.07, 6.45) is 6.85. The molecule has 0 saturated heterocycles. The molecule has 1 aromatic carbocycles. The van der Waals surface area contributed by atoms with Crippen LogP contribution < -0.4 is 5.32 Å². The number of rotatable bonds is 3. The monoisotopic (exact) mass is 377 g/mol. The van der Waals surface area contributed by atoms with E-state index in [1.165, 1.54) is 32.1 Å². The Balaban J connectivity index is 1.92. The maximum absolute atomic E-state index is 12.0. The highest BCUT2D eigenvalue weighted by Crippen LogP contribution is 2.28. The fourth-order valence-corrected chi connectivity index (χ4v) is 3.10. The molecule has 1 fully saturated rings. The summed E-state index contributed by atoms with van der Waals surface area (Å²) in [5.41, 5.74) is 0.726. The van der Waals surface area contributed by atoms with Gasteiger partial charge in [0.25, 0.3) is 0 Å². The molecule has 0 aliphatic heterocycles. The molecule has 2 nitrogen and oxygen atoms in total. The largest absolute Gasteiger partial charge is 0.325 e. The highest BCUT2D eigenvalue weighted by atomic mass is 127. The maximum atomic E-state index is 12.0. The fraction of sp³-hybridized carbons (Fsp3) is 0.500. The summed E-state index contributed by atoms with van der Waals surface area (Å²) < 4.78 is 1.07. The molecular formula is C14H17ClINO. The van der Waals surface area contributed by atoms with E-state index < -0.39 is 0 Å². The van der Waals surface area contributed by atoms with Crippen molar-refractivity contribution in [3.8, 4) is 0 Å². The highest BCUT2D eigenvalue weighted by Gasteiger charge is 2.17. The quantitative estimate of drug-likeness (QED) is 0.749. The molecule has 0 spiro atoms. The molecule has 1 saturated carbocycles.